The topological polar surface area (TPSA) is 77.8 Å². The Hall–Kier alpha value is -2.69. The van der Waals surface area contributed by atoms with Crippen molar-refractivity contribution in [2.45, 2.75) is 6.42 Å². The van der Waals surface area contributed by atoms with Gasteiger partial charge in [-0.1, -0.05) is 23.4 Å². The maximum atomic E-state index is 5.73. The van der Waals surface area contributed by atoms with Gasteiger partial charge >= 0.3 is 0 Å². The molecule has 5 heteroatoms. The Bertz CT molecular complexity index is 679. The number of hydrogen-bond donors (Lipinski definition) is 1. The Labute approximate surface area is 110 Å². The van der Waals surface area contributed by atoms with Crippen molar-refractivity contribution in [2.75, 3.05) is 5.73 Å². The molecule has 5 nitrogen and oxygen atoms in total. The normalized spacial score (nSPS) is 10.5. The fourth-order valence-corrected chi connectivity index (χ4v) is 1.80. The van der Waals surface area contributed by atoms with Crippen molar-refractivity contribution < 1.29 is 4.52 Å². The molecular formula is C14H12N4O. The molecule has 3 aromatic rings. The number of anilines is 1. The molecule has 0 radical (unpaired) electrons. The highest BCUT2D eigenvalue weighted by molar-refractivity contribution is 5.47. The lowest BCUT2D eigenvalue weighted by Gasteiger charge is -1.97. The Morgan fingerprint density at radius 2 is 2.05 bits per heavy atom. The third-order valence-electron chi connectivity index (χ3n) is 2.67. The molecule has 0 spiro atoms. The Kier molecular flexibility index (Phi) is 2.94. The molecule has 2 aromatic heterocycles. The summed E-state index contributed by atoms with van der Waals surface area (Å²) in [5.74, 6) is 1.05. The number of pyridine rings is 1. The van der Waals surface area contributed by atoms with Crippen molar-refractivity contribution in [3.8, 4) is 11.5 Å². The summed E-state index contributed by atoms with van der Waals surface area (Å²) in [6.45, 7) is 0. The first-order valence-corrected chi connectivity index (χ1v) is 5.90. The maximum absolute atomic E-state index is 5.73. The van der Waals surface area contributed by atoms with Crippen LogP contribution in [0.5, 0.6) is 0 Å². The lowest BCUT2D eigenvalue weighted by molar-refractivity contribution is 0.385. The number of nitrogens with two attached hydrogens (primary N) is 1. The van der Waals surface area contributed by atoms with Crippen LogP contribution in [0.4, 0.5) is 5.69 Å². The second kappa shape index (κ2) is 4.89. The predicted octanol–water partition coefficient (Wildman–Crippen LogP) is 2.30. The molecule has 0 amide bonds. The van der Waals surface area contributed by atoms with Gasteiger partial charge in [0.15, 0.2) is 0 Å². The van der Waals surface area contributed by atoms with Crippen LogP contribution in [0.1, 0.15) is 11.5 Å². The van der Waals surface area contributed by atoms with Crippen molar-refractivity contribution in [1.29, 1.82) is 0 Å². The maximum Gasteiger partial charge on any atom is 0.231 e. The molecule has 0 saturated heterocycles. The summed E-state index contributed by atoms with van der Waals surface area (Å²) in [6.07, 6.45) is 2.26. The van der Waals surface area contributed by atoms with Crippen LogP contribution < -0.4 is 5.73 Å². The first-order valence-electron chi connectivity index (χ1n) is 5.90. The van der Waals surface area contributed by atoms with Gasteiger partial charge in [-0.25, -0.2) is 0 Å². The Morgan fingerprint density at radius 1 is 1.11 bits per heavy atom. The number of hydrogen-bond acceptors (Lipinski definition) is 5. The monoisotopic (exact) mass is 252 g/mol. The standard InChI is InChI=1S/C14H12N4O/c15-11-5-3-4-10(8-11)9-13-17-14(18-19-13)12-6-1-2-7-16-12/h1-8H,9,15H2. The molecule has 2 heterocycles. The highest BCUT2D eigenvalue weighted by Crippen LogP contribution is 2.15. The van der Waals surface area contributed by atoms with Gasteiger partial charge in [0.05, 0.1) is 6.42 Å². The molecule has 1 aromatic carbocycles. The summed E-state index contributed by atoms with van der Waals surface area (Å²) >= 11 is 0. The summed E-state index contributed by atoms with van der Waals surface area (Å²) < 4.78 is 5.22. The van der Waals surface area contributed by atoms with Crippen molar-refractivity contribution in [1.82, 2.24) is 15.1 Å². The lowest BCUT2D eigenvalue weighted by Crippen LogP contribution is -1.91. The number of rotatable bonds is 3. The van der Waals surface area contributed by atoms with E-state index in [-0.39, 0.29) is 0 Å². The Morgan fingerprint density at radius 3 is 2.84 bits per heavy atom. The molecule has 0 unspecified atom stereocenters. The first kappa shape index (κ1) is 11.4. The molecule has 19 heavy (non-hydrogen) atoms. The molecule has 0 saturated carbocycles. The summed E-state index contributed by atoms with van der Waals surface area (Å²) in [5, 5.41) is 3.93. The van der Waals surface area contributed by atoms with Crippen LogP contribution in [0.2, 0.25) is 0 Å². The molecule has 0 aliphatic rings. The van der Waals surface area contributed by atoms with E-state index in [4.69, 9.17) is 10.3 Å². The quantitative estimate of drug-likeness (QED) is 0.724. The van der Waals surface area contributed by atoms with Crippen LogP contribution in [-0.2, 0) is 6.42 Å². The zero-order valence-electron chi connectivity index (χ0n) is 10.2. The molecule has 2 N–H and O–H groups in total. The van der Waals surface area contributed by atoms with E-state index in [2.05, 4.69) is 15.1 Å². The minimum Gasteiger partial charge on any atom is -0.399 e. The third kappa shape index (κ3) is 2.60. The largest absolute Gasteiger partial charge is 0.399 e. The van der Waals surface area contributed by atoms with Crippen LogP contribution in [-0.4, -0.2) is 15.1 Å². The van der Waals surface area contributed by atoms with Crippen LogP contribution in [0.15, 0.2) is 53.2 Å². The van der Waals surface area contributed by atoms with E-state index >= 15 is 0 Å². The van der Waals surface area contributed by atoms with E-state index in [1.165, 1.54) is 0 Å². The lowest BCUT2D eigenvalue weighted by atomic mass is 10.1. The number of benzene rings is 1. The van der Waals surface area contributed by atoms with Gasteiger partial charge in [-0.3, -0.25) is 4.98 Å². The molecule has 0 aliphatic heterocycles. The second-order valence-corrected chi connectivity index (χ2v) is 4.15. The van der Waals surface area contributed by atoms with Crippen molar-refractivity contribution >= 4 is 5.69 Å². The fraction of sp³-hybridized carbons (Fsp3) is 0.0714. The smallest absolute Gasteiger partial charge is 0.231 e. The summed E-state index contributed by atoms with van der Waals surface area (Å²) in [4.78, 5) is 8.50. The summed E-state index contributed by atoms with van der Waals surface area (Å²) in [6, 6.07) is 13.2. The van der Waals surface area contributed by atoms with Crippen molar-refractivity contribution in [2.24, 2.45) is 0 Å². The van der Waals surface area contributed by atoms with Crippen molar-refractivity contribution in [3.63, 3.8) is 0 Å². The van der Waals surface area contributed by atoms with E-state index < -0.39 is 0 Å². The molecular weight excluding hydrogens is 240 g/mol. The van der Waals surface area contributed by atoms with Crippen LogP contribution in [0.25, 0.3) is 11.5 Å². The summed E-state index contributed by atoms with van der Waals surface area (Å²) in [5.41, 5.74) is 8.19. The number of nitrogen functional groups attached to an aromatic ring is 1. The third-order valence-corrected chi connectivity index (χ3v) is 2.67. The van der Waals surface area contributed by atoms with Crippen molar-refractivity contribution in [3.05, 3.63) is 60.1 Å². The van der Waals surface area contributed by atoms with E-state index in [9.17, 15) is 0 Å². The number of nitrogens with zero attached hydrogens (tertiary/aromatic N) is 3. The molecule has 94 valence electrons. The van der Waals surface area contributed by atoms with E-state index in [0.717, 1.165) is 11.3 Å². The molecule has 0 fully saturated rings. The van der Waals surface area contributed by atoms with Gasteiger partial charge < -0.3 is 10.3 Å². The van der Waals surface area contributed by atoms with Gasteiger partial charge in [0.1, 0.15) is 5.69 Å². The highest BCUT2D eigenvalue weighted by atomic mass is 16.5. The van der Waals surface area contributed by atoms with Gasteiger partial charge in [0.25, 0.3) is 0 Å². The van der Waals surface area contributed by atoms with Crippen LogP contribution >= 0.6 is 0 Å². The second-order valence-electron chi connectivity index (χ2n) is 4.15. The average Bonchev–Trinajstić information content (AvgIpc) is 2.88. The predicted molar refractivity (Wildman–Crippen MR) is 71.2 cm³/mol. The van der Waals surface area contributed by atoms with Gasteiger partial charge in [0.2, 0.25) is 11.7 Å². The summed E-state index contributed by atoms with van der Waals surface area (Å²) in [7, 11) is 0. The first-order chi connectivity index (χ1) is 9.31. The SMILES string of the molecule is Nc1cccc(Cc2nc(-c3ccccn3)no2)c1. The van der Waals surface area contributed by atoms with Crippen LogP contribution in [0, 0.1) is 0 Å². The zero-order valence-corrected chi connectivity index (χ0v) is 10.2. The molecule has 0 atom stereocenters. The van der Waals surface area contributed by atoms with E-state index in [1.807, 2.05) is 42.5 Å². The van der Waals surface area contributed by atoms with Gasteiger partial charge in [-0.15, -0.1) is 0 Å². The molecule has 3 rings (SSSR count). The van der Waals surface area contributed by atoms with Gasteiger partial charge in [-0.2, -0.15) is 4.98 Å². The Balaban J connectivity index is 1.82. The van der Waals surface area contributed by atoms with E-state index in [1.54, 1.807) is 6.20 Å². The molecule has 0 bridgehead atoms. The average molecular weight is 252 g/mol. The molecule has 0 aliphatic carbocycles. The minimum absolute atomic E-state index is 0.500. The number of aromatic nitrogens is 3. The van der Waals surface area contributed by atoms with Crippen LogP contribution in [0.3, 0.4) is 0 Å². The van der Waals surface area contributed by atoms with E-state index in [0.29, 0.717) is 23.8 Å². The zero-order chi connectivity index (χ0) is 13.1. The fourth-order valence-electron chi connectivity index (χ4n) is 1.80. The van der Waals surface area contributed by atoms with Gasteiger partial charge in [0, 0.05) is 11.9 Å². The van der Waals surface area contributed by atoms with Gasteiger partial charge in [-0.05, 0) is 29.8 Å². The highest BCUT2D eigenvalue weighted by Gasteiger charge is 2.09. The minimum atomic E-state index is 0.500.